The highest BCUT2D eigenvalue weighted by Gasteiger charge is 2.14. The Kier molecular flexibility index (Phi) is 11.1. The highest BCUT2D eigenvalue weighted by Crippen LogP contribution is 2.39. The second kappa shape index (κ2) is 14.0. The monoisotopic (exact) mass is 612 g/mol. The highest BCUT2D eigenvalue weighted by atomic mass is 32.4. The first-order valence-corrected chi connectivity index (χ1v) is 17.8. The summed E-state index contributed by atoms with van der Waals surface area (Å²) in [6.07, 6.45) is 2.98. The quantitative estimate of drug-likeness (QED) is 0.150. The summed E-state index contributed by atoms with van der Waals surface area (Å²) in [5.74, 6) is 1.31. The molecule has 0 spiro atoms. The molecule has 2 atom stereocenters. The Bertz CT molecular complexity index is 1370. The van der Waals surface area contributed by atoms with Crippen LogP contribution in [0.15, 0.2) is 83.0 Å². The minimum absolute atomic E-state index is 0.191. The van der Waals surface area contributed by atoms with Crippen molar-refractivity contribution in [2.75, 3.05) is 14.1 Å². The van der Waals surface area contributed by atoms with E-state index in [1.165, 1.54) is 0 Å². The van der Waals surface area contributed by atoms with Crippen molar-refractivity contribution in [1.29, 1.82) is 0 Å². The first-order valence-electron chi connectivity index (χ1n) is 11.0. The molecule has 0 heterocycles. The van der Waals surface area contributed by atoms with Crippen LogP contribution in [0.3, 0.4) is 0 Å². The van der Waals surface area contributed by atoms with Gasteiger partial charge in [-0.1, -0.05) is 12.1 Å². The Balaban J connectivity index is 1.49. The van der Waals surface area contributed by atoms with Crippen LogP contribution in [0.4, 0.5) is 0 Å². The van der Waals surface area contributed by atoms with Gasteiger partial charge in [0.25, 0.3) is 0 Å². The standard InChI is InChI=1S/C23H27N4O6P3S2/c1-26(24-15-18-3-9-21(28)10-4-18)34(37)32-22-11-5-19(6-12-22)16-25-27(2)35(38)33-23-13-7-20(8-14-23)17-36(29,30)31/h3-16,28,34-35H,17H2,1-2H3,(H2,29,30,31)/b24-15+,25-16+. The summed E-state index contributed by atoms with van der Waals surface area (Å²) in [5.41, 5.74) is 2.17. The van der Waals surface area contributed by atoms with Gasteiger partial charge in [0, 0.05) is 14.1 Å². The van der Waals surface area contributed by atoms with E-state index in [-0.39, 0.29) is 11.9 Å². The van der Waals surface area contributed by atoms with Gasteiger partial charge in [0.1, 0.15) is 17.2 Å². The van der Waals surface area contributed by atoms with Gasteiger partial charge < -0.3 is 23.9 Å². The van der Waals surface area contributed by atoms with Gasteiger partial charge in [-0.05, 0) is 101 Å². The fourth-order valence-corrected chi connectivity index (χ4v) is 5.61. The van der Waals surface area contributed by atoms with Crippen LogP contribution in [0.25, 0.3) is 0 Å². The molecule has 0 radical (unpaired) electrons. The zero-order chi connectivity index (χ0) is 27.7. The van der Waals surface area contributed by atoms with Crippen molar-refractivity contribution in [3.8, 4) is 17.2 Å². The third-order valence-corrected chi connectivity index (χ3v) is 9.75. The van der Waals surface area contributed by atoms with Crippen molar-refractivity contribution in [1.82, 2.24) is 9.56 Å². The zero-order valence-electron chi connectivity index (χ0n) is 20.4. The maximum absolute atomic E-state index is 11.1. The van der Waals surface area contributed by atoms with Gasteiger partial charge >= 0.3 is 7.60 Å². The van der Waals surface area contributed by atoms with E-state index in [0.29, 0.717) is 17.1 Å². The van der Waals surface area contributed by atoms with Gasteiger partial charge in [-0.2, -0.15) is 10.2 Å². The maximum atomic E-state index is 11.1. The van der Waals surface area contributed by atoms with E-state index in [2.05, 4.69) is 10.2 Å². The predicted molar refractivity (Wildman–Crippen MR) is 160 cm³/mol. The maximum Gasteiger partial charge on any atom is 0.329 e. The number of phenols is 1. The fraction of sp³-hybridized carbons (Fsp3) is 0.130. The van der Waals surface area contributed by atoms with Crippen LogP contribution >= 0.6 is 21.7 Å². The number of hydrogen-bond donors (Lipinski definition) is 3. The van der Waals surface area contributed by atoms with Crippen molar-refractivity contribution >= 4 is 57.8 Å². The molecular formula is C23H27N4O6P3S2. The van der Waals surface area contributed by atoms with Crippen molar-refractivity contribution in [2.45, 2.75) is 6.16 Å². The van der Waals surface area contributed by atoms with Gasteiger partial charge in [-0.25, -0.2) is 9.56 Å². The Labute approximate surface area is 232 Å². The number of rotatable bonds is 12. The molecule has 10 nitrogen and oxygen atoms in total. The molecule has 38 heavy (non-hydrogen) atoms. The van der Waals surface area contributed by atoms with Gasteiger partial charge in [0.15, 0.2) is 0 Å². The Morgan fingerprint density at radius 1 is 0.789 bits per heavy atom. The van der Waals surface area contributed by atoms with Crippen LogP contribution < -0.4 is 9.05 Å². The van der Waals surface area contributed by atoms with Gasteiger partial charge in [-0.15, -0.1) is 0 Å². The van der Waals surface area contributed by atoms with Crippen LogP contribution in [0.5, 0.6) is 17.2 Å². The summed E-state index contributed by atoms with van der Waals surface area (Å²) >= 11 is 10.9. The van der Waals surface area contributed by atoms with Crippen molar-refractivity contribution in [2.24, 2.45) is 10.2 Å². The predicted octanol–water partition coefficient (Wildman–Crippen LogP) is 4.77. The molecule has 2 unspecified atom stereocenters. The zero-order valence-corrected chi connectivity index (χ0v) is 24.9. The number of hydrogen-bond acceptors (Lipinski definition) is 8. The van der Waals surface area contributed by atoms with E-state index in [9.17, 15) is 9.67 Å². The normalized spacial score (nSPS) is 13.4. The highest BCUT2D eigenvalue weighted by molar-refractivity contribution is 8.02. The van der Waals surface area contributed by atoms with Crippen LogP contribution in [0.1, 0.15) is 16.7 Å². The number of hydrazone groups is 2. The first-order chi connectivity index (χ1) is 18.0. The first kappa shape index (κ1) is 30.0. The van der Waals surface area contributed by atoms with Crippen molar-refractivity contribution in [3.05, 3.63) is 89.5 Å². The lowest BCUT2D eigenvalue weighted by atomic mass is 10.2. The molecule has 0 saturated heterocycles. The molecule has 0 fully saturated rings. The minimum atomic E-state index is -4.12. The third-order valence-electron chi connectivity index (χ3n) is 4.78. The molecule has 0 bridgehead atoms. The average Bonchev–Trinajstić information content (AvgIpc) is 2.87. The van der Waals surface area contributed by atoms with Crippen LogP contribution in [-0.2, 0) is 34.3 Å². The summed E-state index contributed by atoms with van der Waals surface area (Å²) in [6.45, 7) is 0. The lowest BCUT2D eigenvalue weighted by molar-refractivity contribution is 0.371. The molecule has 202 valence electrons. The molecule has 0 saturated carbocycles. The third kappa shape index (κ3) is 10.3. The van der Waals surface area contributed by atoms with Gasteiger partial charge in [-0.3, -0.25) is 4.57 Å². The molecule has 0 amide bonds. The molecule has 0 aromatic heterocycles. The fourth-order valence-electron chi connectivity index (χ4n) is 2.82. The molecule has 3 N–H and O–H groups in total. The van der Waals surface area contributed by atoms with E-state index in [4.69, 9.17) is 42.4 Å². The summed E-state index contributed by atoms with van der Waals surface area (Å²) in [6, 6.07) is 20.4. The van der Waals surface area contributed by atoms with E-state index in [0.717, 1.165) is 11.1 Å². The van der Waals surface area contributed by atoms with Crippen molar-refractivity contribution < 1.29 is 28.5 Å². The van der Waals surface area contributed by atoms with E-state index in [1.54, 1.807) is 96.7 Å². The summed E-state index contributed by atoms with van der Waals surface area (Å²) < 4.78 is 25.9. The Morgan fingerprint density at radius 2 is 1.18 bits per heavy atom. The topological polar surface area (TPSA) is 127 Å². The molecule has 0 aliphatic heterocycles. The van der Waals surface area contributed by atoms with Crippen LogP contribution in [0, 0.1) is 0 Å². The molecule has 0 aliphatic carbocycles. The van der Waals surface area contributed by atoms with Crippen LogP contribution in [0.2, 0.25) is 0 Å². The van der Waals surface area contributed by atoms with Gasteiger partial charge in [0.05, 0.1) is 18.6 Å². The Morgan fingerprint density at radius 3 is 1.61 bits per heavy atom. The second-order valence-electron chi connectivity index (χ2n) is 7.90. The Hall–Kier alpha value is -2.55. The lowest BCUT2D eigenvalue weighted by Crippen LogP contribution is -2.04. The van der Waals surface area contributed by atoms with E-state index >= 15 is 0 Å². The number of phenolic OH excluding ortho intramolecular Hbond substituents is 1. The summed E-state index contributed by atoms with van der Waals surface area (Å²) in [4.78, 5) is 18.1. The summed E-state index contributed by atoms with van der Waals surface area (Å²) in [5, 5.41) is 18.0. The van der Waals surface area contributed by atoms with Crippen LogP contribution in [-0.4, -0.2) is 51.0 Å². The average molecular weight is 613 g/mol. The molecule has 0 aliphatic rings. The van der Waals surface area contributed by atoms with Crippen molar-refractivity contribution in [3.63, 3.8) is 0 Å². The van der Waals surface area contributed by atoms with Gasteiger partial charge in [0.2, 0.25) is 14.1 Å². The molecule has 3 aromatic carbocycles. The minimum Gasteiger partial charge on any atom is -0.508 e. The second-order valence-corrected chi connectivity index (χ2v) is 14.4. The number of nitrogens with zero attached hydrogens (tertiary/aromatic N) is 4. The van der Waals surface area contributed by atoms with E-state index < -0.39 is 21.7 Å². The number of benzene rings is 3. The SMILES string of the molecule is CN(/N=C/c1ccc(O)cc1)[PH](=S)Oc1ccc(/C=N/N(C)[PH](=S)Oc2ccc(CP(=O)(O)O)cc2)cc1. The smallest absolute Gasteiger partial charge is 0.329 e. The molecule has 3 rings (SSSR count). The summed E-state index contributed by atoms with van der Waals surface area (Å²) in [7, 11) is -4.37. The number of aromatic hydroxyl groups is 1. The molecular weight excluding hydrogens is 585 g/mol. The largest absolute Gasteiger partial charge is 0.508 e. The lowest BCUT2D eigenvalue weighted by Gasteiger charge is -2.17. The van der Waals surface area contributed by atoms with E-state index in [1.807, 2.05) is 12.1 Å². The molecule has 15 heteroatoms. The molecule has 3 aromatic rings.